The van der Waals surface area contributed by atoms with Crippen molar-refractivity contribution in [2.75, 3.05) is 19.8 Å². The first-order chi connectivity index (χ1) is 8.33. The largest absolute Gasteiger partial charge is 0.493 e. The fourth-order valence-corrected chi connectivity index (χ4v) is 2.96. The van der Waals surface area contributed by atoms with Crippen LogP contribution in [0.15, 0.2) is 0 Å². The van der Waals surface area contributed by atoms with Crippen LogP contribution in [0.1, 0.15) is 28.7 Å². The lowest BCUT2D eigenvalue weighted by Crippen LogP contribution is -2.00. The summed E-state index contributed by atoms with van der Waals surface area (Å²) < 4.78 is 11.6. The summed E-state index contributed by atoms with van der Waals surface area (Å²) >= 11 is 0. The number of ether oxygens (including phenoxy) is 2. The lowest BCUT2D eigenvalue weighted by molar-refractivity contribution is 0.287. The molecule has 0 saturated carbocycles. The van der Waals surface area contributed by atoms with Crippen LogP contribution in [0.25, 0.3) is 0 Å². The highest BCUT2D eigenvalue weighted by Gasteiger charge is 2.28. The van der Waals surface area contributed by atoms with Crippen LogP contribution in [0, 0.1) is 6.92 Å². The molecule has 0 aliphatic carbocycles. The van der Waals surface area contributed by atoms with Gasteiger partial charge in [-0.05, 0) is 25.3 Å². The molecule has 0 fully saturated rings. The minimum Gasteiger partial charge on any atom is -0.493 e. The van der Waals surface area contributed by atoms with E-state index in [4.69, 9.17) is 14.6 Å². The summed E-state index contributed by atoms with van der Waals surface area (Å²) in [5.41, 5.74) is 5.18. The van der Waals surface area contributed by atoms with Crippen LogP contribution in [0.3, 0.4) is 0 Å². The topological polar surface area (TPSA) is 38.7 Å². The number of rotatable bonds is 3. The molecular formula is C14H18O3. The van der Waals surface area contributed by atoms with Gasteiger partial charge < -0.3 is 14.6 Å². The van der Waals surface area contributed by atoms with Crippen molar-refractivity contribution in [3.05, 3.63) is 22.3 Å². The Morgan fingerprint density at radius 3 is 2.53 bits per heavy atom. The Balaban J connectivity index is 2.12. The van der Waals surface area contributed by atoms with Gasteiger partial charge in [-0.2, -0.15) is 0 Å². The first-order valence-electron chi connectivity index (χ1n) is 6.36. The van der Waals surface area contributed by atoms with Crippen molar-refractivity contribution in [1.82, 2.24) is 0 Å². The van der Waals surface area contributed by atoms with Gasteiger partial charge in [-0.1, -0.05) is 0 Å². The van der Waals surface area contributed by atoms with E-state index in [0.29, 0.717) is 0 Å². The molecule has 3 rings (SSSR count). The van der Waals surface area contributed by atoms with Crippen molar-refractivity contribution < 1.29 is 14.6 Å². The molecule has 2 aliphatic rings. The number of aliphatic hydroxyl groups excluding tert-OH is 1. The second-order valence-corrected chi connectivity index (χ2v) is 4.74. The zero-order valence-electron chi connectivity index (χ0n) is 10.2. The van der Waals surface area contributed by atoms with E-state index >= 15 is 0 Å². The standard InChI is InChI=1S/C14H18O3/c1-9-10-4-7-17-14(10)11(3-2-6-15)12-5-8-16-13(9)12/h15H,2-8H2,1H3. The zero-order chi connectivity index (χ0) is 11.8. The fraction of sp³-hybridized carbons (Fsp3) is 0.571. The van der Waals surface area contributed by atoms with Crippen molar-refractivity contribution in [2.24, 2.45) is 0 Å². The molecule has 3 heteroatoms. The van der Waals surface area contributed by atoms with Crippen LogP contribution in [-0.2, 0) is 19.3 Å². The Morgan fingerprint density at radius 1 is 1.06 bits per heavy atom. The Bertz CT molecular complexity index is 416. The molecule has 1 aromatic rings. The lowest BCUT2D eigenvalue weighted by Gasteiger charge is -2.15. The van der Waals surface area contributed by atoms with Crippen LogP contribution in [-0.4, -0.2) is 24.9 Å². The quantitative estimate of drug-likeness (QED) is 0.866. The average molecular weight is 234 g/mol. The van der Waals surface area contributed by atoms with Crippen molar-refractivity contribution >= 4 is 0 Å². The van der Waals surface area contributed by atoms with Crippen molar-refractivity contribution in [1.29, 1.82) is 0 Å². The van der Waals surface area contributed by atoms with Crippen LogP contribution in [0.5, 0.6) is 11.5 Å². The van der Waals surface area contributed by atoms with Crippen LogP contribution >= 0.6 is 0 Å². The Labute approximate surface area is 101 Å². The maximum absolute atomic E-state index is 9.01. The Kier molecular flexibility index (Phi) is 2.71. The predicted octanol–water partition coefficient (Wildman–Crippen LogP) is 1.79. The van der Waals surface area contributed by atoms with E-state index in [1.165, 1.54) is 22.3 Å². The van der Waals surface area contributed by atoms with Crippen molar-refractivity contribution in [3.63, 3.8) is 0 Å². The smallest absolute Gasteiger partial charge is 0.126 e. The van der Waals surface area contributed by atoms with Gasteiger partial charge >= 0.3 is 0 Å². The SMILES string of the molecule is Cc1c2c(c(CCCO)c3c1OCC3)OCC2. The van der Waals surface area contributed by atoms with Crippen LogP contribution in [0.2, 0.25) is 0 Å². The molecule has 0 unspecified atom stereocenters. The monoisotopic (exact) mass is 234 g/mol. The van der Waals surface area contributed by atoms with E-state index in [9.17, 15) is 0 Å². The van der Waals surface area contributed by atoms with E-state index in [1.807, 2.05) is 0 Å². The number of fused-ring (bicyclic) bond motifs is 2. The van der Waals surface area contributed by atoms with Crippen LogP contribution in [0.4, 0.5) is 0 Å². The van der Waals surface area contributed by atoms with E-state index < -0.39 is 0 Å². The molecule has 0 atom stereocenters. The molecule has 0 radical (unpaired) electrons. The van der Waals surface area contributed by atoms with Crippen LogP contribution < -0.4 is 9.47 Å². The Morgan fingerprint density at radius 2 is 1.76 bits per heavy atom. The molecule has 1 aromatic carbocycles. The van der Waals surface area contributed by atoms with Gasteiger partial charge in [0.05, 0.1) is 13.2 Å². The molecule has 17 heavy (non-hydrogen) atoms. The summed E-state index contributed by atoms with van der Waals surface area (Å²) in [6.07, 6.45) is 3.66. The zero-order valence-corrected chi connectivity index (χ0v) is 10.2. The number of hydrogen-bond acceptors (Lipinski definition) is 3. The summed E-state index contributed by atoms with van der Waals surface area (Å²) in [7, 11) is 0. The highest BCUT2D eigenvalue weighted by Crippen LogP contribution is 2.44. The van der Waals surface area contributed by atoms with E-state index in [2.05, 4.69) is 6.92 Å². The molecule has 1 N–H and O–H groups in total. The van der Waals surface area contributed by atoms with Gasteiger partial charge in [-0.15, -0.1) is 0 Å². The molecule has 3 nitrogen and oxygen atoms in total. The lowest BCUT2D eigenvalue weighted by atomic mass is 9.92. The first-order valence-corrected chi connectivity index (χ1v) is 6.36. The van der Waals surface area contributed by atoms with E-state index in [0.717, 1.165) is 50.4 Å². The molecule has 0 bridgehead atoms. The number of benzene rings is 1. The third-order valence-electron chi connectivity index (χ3n) is 3.76. The first kappa shape index (κ1) is 10.9. The summed E-state index contributed by atoms with van der Waals surface area (Å²) in [6, 6.07) is 0. The van der Waals surface area contributed by atoms with Crippen molar-refractivity contribution in [3.8, 4) is 11.5 Å². The van der Waals surface area contributed by atoms with Gasteiger partial charge in [0.1, 0.15) is 11.5 Å². The summed E-state index contributed by atoms with van der Waals surface area (Å²) in [4.78, 5) is 0. The summed E-state index contributed by atoms with van der Waals surface area (Å²) in [5, 5.41) is 9.01. The van der Waals surface area contributed by atoms with E-state index in [-0.39, 0.29) is 6.61 Å². The summed E-state index contributed by atoms with van der Waals surface area (Å²) in [5.74, 6) is 2.17. The molecule has 92 valence electrons. The molecule has 0 spiro atoms. The summed E-state index contributed by atoms with van der Waals surface area (Å²) in [6.45, 7) is 3.93. The number of hydrogen-bond donors (Lipinski definition) is 1. The maximum atomic E-state index is 9.01. The molecular weight excluding hydrogens is 216 g/mol. The molecule has 2 aliphatic heterocycles. The third kappa shape index (κ3) is 1.61. The van der Waals surface area contributed by atoms with Gasteiger partial charge in [0.2, 0.25) is 0 Å². The average Bonchev–Trinajstić information content (AvgIpc) is 2.97. The number of aliphatic hydroxyl groups is 1. The molecule has 0 amide bonds. The van der Waals surface area contributed by atoms with Crippen molar-refractivity contribution in [2.45, 2.75) is 32.6 Å². The van der Waals surface area contributed by atoms with Gasteiger partial charge in [-0.25, -0.2) is 0 Å². The van der Waals surface area contributed by atoms with E-state index in [1.54, 1.807) is 0 Å². The van der Waals surface area contributed by atoms with Gasteiger partial charge in [0.25, 0.3) is 0 Å². The third-order valence-corrected chi connectivity index (χ3v) is 3.76. The fourth-order valence-electron chi connectivity index (χ4n) is 2.96. The highest BCUT2D eigenvalue weighted by molar-refractivity contribution is 5.61. The molecule has 0 aromatic heterocycles. The normalized spacial score (nSPS) is 16.4. The molecule has 0 saturated heterocycles. The van der Waals surface area contributed by atoms with Gasteiger partial charge in [-0.3, -0.25) is 0 Å². The second-order valence-electron chi connectivity index (χ2n) is 4.74. The predicted molar refractivity (Wildman–Crippen MR) is 65.0 cm³/mol. The van der Waals surface area contributed by atoms with Gasteiger partial charge in [0.15, 0.2) is 0 Å². The minimum atomic E-state index is 0.234. The second kappa shape index (κ2) is 4.22. The maximum Gasteiger partial charge on any atom is 0.126 e. The Hall–Kier alpha value is -1.22. The highest BCUT2D eigenvalue weighted by atomic mass is 16.5. The minimum absolute atomic E-state index is 0.234. The molecule has 2 heterocycles. The van der Waals surface area contributed by atoms with Gasteiger partial charge in [0, 0.05) is 36.1 Å².